The summed E-state index contributed by atoms with van der Waals surface area (Å²) in [6, 6.07) is 5.41. The minimum Gasteiger partial charge on any atom is -0.387 e. The first-order chi connectivity index (χ1) is 17.4. The van der Waals surface area contributed by atoms with Crippen molar-refractivity contribution in [1.29, 1.82) is 0 Å². The Balaban J connectivity index is 1.30. The zero-order valence-corrected chi connectivity index (χ0v) is 21.1. The molecular weight excluding hydrogens is 461 g/mol. The molecule has 5 rings (SSSR count). The summed E-state index contributed by atoms with van der Waals surface area (Å²) in [5, 5.41) is 13.8. The molecule has 8 nitrogen and oxygen atoms in total. The Bertz CT molecular complexity index is 1090. The third kappa shape index (κ3) is 5.10. The molecule has 2 aliphatic heterocycles. The quantitative estimate of drug-likeness (QED) is 0.634. The van der Waals surface area contributed by atoms with E-state index in [0.29, 0.717) is 57.9 Å². The largest absolute Gasteiger partial charge is 0.387 e. The van der Waals surface area contributed by atoms with E-state index in [2.05, 4.69) is 27.1 Å². The average Bonchev–Trinajstić information content (AvgIpc) is 3.19. The number of carbonyl (C=O) groups excluding carboxylic acids is 1. The molecule has 2 fully saturated rings. The van der Waals surface area contributed by atoms with Crippen molar-refractivity contribution in [1.82, 2.24) is 20.2 Å². The monoisotopic (exact) mass is 497 g/mol. The minimum absolute atomic E-state index is 0.0475. The molecule has 3 atom stereocenters. The number of hydrogen-bond acceptors (Lipinski definition) is 7. The molecule has 1 aliphatic carbocycles. The molecule has 0 spiro atoms. The van der Waals surface area contributed by atoms with Gasteiger partial charge in [0.2, 0.25) is 5.91 Å². The van der Waals surface area contributed by atoms with E-state index < -0.39 is 12.0 Å². The van der Waals surface area contributed by atoms with Gasteiger partial charge in [-0.05, 0) is 43.7 Å². The Hall–Kier alpha value is -2.62. The highest BCUT2D eigenvalue weighted by Crippen LogP contribution is 2.42. The van der Waals surface area contributed by atoms with Crippen molar-refractivity contribution >= 4 is 11.7 Å². The normalized spacial score (nSPS) is 23.6. The number of fused-ring (bicyclic) bond motifs is 1. The number of amides is 1. The summed E-state index contributed by atoms with van der Waals surface area (Å²) in [4.78, 5) is 26.6. The highest BCUT2D eigenvalue weighted by atomic mass is 19.1. The second-order valence-electron chi connectivity index (χ2n) is 10.3. The molecular formula is C27H36FN5O3. The maximum absolute atomic E-state index is 15.0. The van der Waals surface area contributed by atoms with Gasteiger partial charge in [-0.3, -0.25) is 4.79 Å². The standard InChI is InChI=1S/C27H36FN5O3/c1-17-3-4-20(22(28)13-17)21(15-29-19-5-11-36-12-6-19)27(35)33-9-7-32(8-10-33)26-24-18(2)14-23(34)25(24)30-16-31-26/h3-4,13,16,18-19,21,23,29,34H,5-12,14-15H2,1-2H3/t18-,21-,23+/m1/s1. The van der Waals surface area contributed by atoms with Crippen LogP contribution in [0, 0.1) is 12.7 Å². The number of carbonyl (C=O) groups is 1. The number of nitrogens with one attached hydrogen (secondary N) is 1. The van der Waals surface area contributed by atoms with Gasteiger partial charge in [0.1, 0.15) is 18.0 Å². The van der Waals surface area contributed by atoms with Crippen molar-refractivity contribution in [3.8, 4) is 0 Å². The van der Waals surface area contributed by atoms with Gasteiger partial charge in [-0.25, -0.2) is 14.4 Å². The van der Waals surface area contributed by atoms with E-state index in [9.17, 15) is 9.90 Å². The molecule has 194 valence electrons. The fourth-order valence-electron chi connectivity index (χ4n) is 5.74. The van der Waals surface area contributed by atoms with E-state index in [4.69, 9.17) is 4.74 Å². The molecule has 36 heavy (non-hydrogen) atoms. The number of aliphatic hydroxyl groups is 1. The zero-order valence-electron chi connectivity index (χ0n) is 21.1. The van der Waals surface area contributed by atoms with E-state index in [1.165, 1.54) is 12.4 Å². The van der Waals surface area contributed by atoms with Crippen molar-refractivity contribution in [3.63, 3.8) is 0 Å². The molecule has 1 aromatic carbocycles. The first kappa shape index (κ1) is 25.0. The molecule has 2 aromatic rings. The van der Waals surface area contributed by atoms with E-state index >= 15 is 4.39 Å². The number of anilines is 1. The zero-order chi connectivity index (χ0) is 25.2. The van der Waals surface area contributed by atoms with E-state index in [1.54, 1.807) is 6.07 Å². The van der Waals surface area contributed by atoms with Gasteiger partial charge in [-0.2, -0.15) is 0 Å². The van der Waals surface area contributed by atoms with Crippen LogP contribution in [-0.4, -0.2) is 77.9 Å². The van der Waals surface area contributed by atoms with E-state index in [-0.39, 0.29) is 23.7 Å². The predicted molar refractivity (Wildman–Crippen MR) is 135 cm³/mol. The van der Waals surface area contributed by atoms with Gasteiger partial charge in [-0.15, -0.1) is 0 Å². The van der Waals surface area contributed by atoms with Crippen LogP contribution in [-0.2, 0) is 9.53 Å². The molecule has 9 heteroatoms. The lowest BCUT2D eigenvalue weighted by Gasteiger charge is -2.38. The number of hydrogen-bond donors (Lipinski definition) is 2. The third-order valence-electron chi connectivity index (χ3n) is 7.83. The summed E-state index contributed by atoms with van der Waals surface area (Å²) >= 11 is 0. The first-order valence-corrected chi connectivity index (χ1v) is 13.1. The van der Waals surface area contributed by atoms with Crippen LogP contribution in [0.3, 0.4) is 0 Å². The maximum Gasteiger partial charge on any atom is 0.231 e. The Morgan fingerprint density at radius 2 is 1.97 bits per heavy atom. The van der Waals surface area contributed by atoms with E-state index in [0.717, 1.165) is 35.5 Å². The SMILES string of the molecule is Cc1ccc([C@@H](CNC2CCOCC2)C(=O)N2CCN(c3ncnc4c3[C@H](C)C[C@@H]4O)CC2)c(F)c1. The van der Waals surface area contributed by atoms with Crippen molar-refractivity contribution in [2.45, 2.75) is 57.1 Å². The number of ether oxygens (including phenoxy) is 1. The van der Waals surface area contributed by atoms with Gasteiger partial charge >= 0.3 is 0 Å². The van der Waals surface area contributed by atoms with Crippen LogP contribution >= 0.6 is 0 Å². The molecule has 3 heterocycles. The van der Waals surface area contributed by atoms with Crippen molar-refractivity contribution in [2.75, 3.05) is 50.8 Å². The van der Waals surface area contributed by atoms with Gasteiger partial charge in [0.25, 0.3) is 0 Å². The summed E-state index contributed by atoms with van der Waals surface area (Å²) in [6.07, 6.45) is 3.42. The van der Waals surface area contributed by atoms with Crippen molar-refractivity contribution in [3.05, 3.63) is 52.7 Å². The smallest absolute Gasteiger partial charge is 0.231 e. The summed E-state index contributed by atoms with van der Waals surface area (Å²) < 4.78 is 20.5. The van der Waals surface area contributed by atoms with Gasteiger partial charge in [0.15, 0.2) is 0 Å². The Kier molecular flexibility index (Phi) is 7.50. The fraction of sp³-hybridized carbons (Fsp3) is 0.593. The van der Waals surface area contributed by atoms with Crippen LogP contribution in [0.25, 0.3) is 0 Å². The molecule has 0 bridgehead atoms. The van der Waals surface area contributed by atoms with Crippen LogP contribution in [0.1, 0.15) is 66.5 Å². The molecule has 2 N–H and O–H groups in total. The lowest BCUT2D eigenvalue weighted by molar-refractivity contribution is -0.133. The van der Waals surface area contributed by atoms with Gasteiger partial charge < -0.3 is 25.0 Å². The van der Waals surface area contributed by atoms with Crippen LogP contribution in [0.2, 0.25) is 0 Å². The minimum atomic E-state index is -0.585. The lowest BCUT2D eigenvalue weighted by Crippen LogP contribution is -2.52. The Morgan fingerprint density at radius 3 is 2.69 bits per heavy atom. The van der Waals surface area contributed by atoms with Crippen LogP contribution < -0.4 is 10.2 Å². The van der Waals surface area contributed by atoms with Gasteiger partial charge in [-0.1, -0.05) is 19.1 Å². The maximum atomic E-state index is 15.0. The molecule has 1 amide bonds. The second kappa shape index (κ2) is 10.8. The summed E-state index contributed by atoms with van der Waals surface area (Å²) in [5.41, 5.74) is 3.03. The summed E-state index contributed by atoms with van der Waals surface area (Å²) in [7, 11) is 0. The average molecular weight is 498 g/mol. The molecule has 1 aromatic heterocycles. The topological polar surface area (TPSA) is 90.8 Å². The fourth-order valence-corrected chi connectivity index (χ4v) is 5.74. The Labute approximate surface area is 211 Å². The van der Waals surface area contributed by atoms with Crippen molar-refractivity contribution in [2.24, 2.45) is 0 Å². The number of aryl methyl sites for hydroxylation is 1. The van der Waals surface area contributed by atoms with Crippen molar-refractivity contribution < 1.29 is 19.0 Å². The third-order valence-corrected chi connectivity index (χ3v) is 7.83. The molecule has 0 saturated carbocycles. The highest BCUT2D eigenvalue weighted by Gasteiger charge is 2.35. The number of rotatable bonds is 6. The number of piperazine rings is 1. The molecule has 3 aliphatic rings. The predicted octanol–water partition coefficient (Wildman–Crippen LogP) is 2.67. The number of benzene rings is 1. The van der Waals surface area contributed by atoms with Crippen LogP contribution in [0.5, 0.6) is 0 Å². The van der Waals surface area contributed by atoms with Gasteiger partial charge in [0, 0.05) is 63.1 Å². The number of nitrogens with zero attached hydrogens (tertiary/aromatic N) is 4. The molecule has 2 saturated heterocycles. The number of aromatic nitrogens is 2. The van der Waals surface area contributed by atoms with Crippen LogP contribution in [0.4, 0.5) is 10.2 Å². The highest BCUT2D eigenvalue weighted by molar-refractivity contribution is 5.84. The summed E-state index contributed by atoms with van der Waals surface area (Å²) in [6.45, 7) is 8.10. The molecule has 0 radical (unpaired) electrons. The Morgan fingerprint density at radius 1 is 1.22 bits per heavy atom. The molecule has 0 unspecified atom stereocenters. The van der Waals surface area contributed by atoms with Gasteiger partial charge in [0.05, 0.1) is 17.7 Å². The second-order valence-corrected chi connectivity index (χ2v) is 10.3. The lowest BCUT2D eigenvalue weighted by atomic mass is 9.94. The summed E-state index contributed by atoms with van der Waals surface area (Å²) in [5.74, 6) is 0.0893. The first-order valence-electron chi connectivity index (χ1n) is 13.1. The number of aliphatic hydroxyl groups excluding tert-OH is 1. The number of halogens is 1. The van der Waals surface area contributed by atoms with Crippen LogP contribution in [0.15, 0.2) is 24.5 Å². The van der Waals surface area contributed by atoms with E-state index in [1.807, 2.05) is 17.9 Å².